The van der Waals surface area contributed by atoms with Gasteiger partial charge in [-0.15, -0.1) is 12.3 Å². The van der Waals surface area contributed by atoms with E-state index in [1.165, 1.54) is 25.7 Å². The Balaban J connectivity index is 2.72. The van der Waals surface area contributed by atoms with Crippen molar-refractivity contribution in [1.82, 2.24) is 10.2 Å². The summed E-state index contributed by atoms with van der Waals surface area (Å²) in [5, 5.41) is 3.46. The molecular weight excluding hydrogens is 184 g/mol. The van der Waals surface area contributed by atoms with Gasteiger partial charge < -0.3 is 10.2 Å². The predicted molar refractivity (Wildman–Crippen MR) is 65.8 cm³/mol. The van der Waals surface area contributed by atoms with Gasteiger partial charge in [0, 0.05) is 18.0 Å². The molecule has 1 fully saturated rings. The first-order valence-corrected chi connectivity index (χ1v) is 5.95. The van der Waals surface area contributed by atoms with Crippen molar-refractivity contribution >= 4 is 0 Å². The second-order valence-corrected chi connectivity index (χ2v) is 4.79. The van der Waals surface area contributed by atoms with Gasteiger partial charge in [-0.05, 0) is 40.4 Å². The maximum Gasteiger partial charge on any atom is 0.0356 e. The Morgan fingerprint density at radius 2 is 2.00 bits per heavy atom. The maximum atomic E-state index is 5.36. The van der Waals surface area contributed by atoms with Crippen LogP contribution in [-0.2, 0) is 0 Å². The van der Waals surface area contributed by atoms with Crippen molar-refractivity contribution in [3.05, 3.63) is 0 Å². The van der Waals surface area contributed by atoms with Crippen LogP contribution in [0.4, 0.5) is 0 Å². The third kappa shape index (κ3) is 2.53. The van der Waals surface area contributed by atoms with E-state index in [1.54, 1.807) is 0 Å². The second-order valence-electron chi connectivity index (χ2n) is 4.79. The molecule has 1 aliphatic rings. The fourth-order valence-electron chi connectivity index (χ4n) is 3.00. The van der Waals surface area contributed by atoms with Crippen molar-refractivity contribution in [3.8, 4) is 12.3 Å². The van der Waals surface area contributed by atoms with Crippen molar-refractivity contribution in [1.29, 1.82) is 0 Å². The zero-order chi connectivity index (χ0) is 11.3. The van der Waals surface area contributed by atoms with E-state index >= 15 is 0 Å². The summed E-state index contributed by atoms with van der Waals surface area (Å²) in [6.45, 7) is 0. The monoisotopic (exact) mass is 208 g/mol. The molecule has 86 valence electrons. The van der Waals surface area contributed by atoms with Crippen LogP contribution in [0.15, 0.2) is 0 Å². The number of terminal acetylenes is 1. The van der Waals surface area contributed by atoms with E-state index in [4.69, 9.17) is 6.42 Å². The predicted octanol–water partition coefficient (Wildman–Crippen LogP) is 1.86. The van der Waals surface area contributed by atoms with E-state index in [0.29, 0.717) is 11.6 Å². The largest absolute Gasteiger partial charge is 0.315 e. The first-order valence-electron chi connectivity index (χ1n) is 5.95. The van der Waals surface area contributed by atoms with Crippen molar-refractivity contribution in [2.75, 3.05) is 21.1 Å². The molecule has 1 aliphatic carbocycles. The van der Waals surface area contributed by atoms with Gasteiger partial charge in [-0.3, -0.25) is 0 Å². The lowest BCUT2D eigenvalue weighted by Gasteiger charge is -2.43. The minimum absolute atomic E-state index is 0.339. The van der Waals surface area contributed by atoms with Crippen molar-refractivity contribution < 1.29 is 0 Å². The van der Waals surface area contributed by atoms with Crippen LogP contribution >= 0.6 is 0 Å². The van der Waals surface area contributed by atoms with Crippen molar-refractivity contribution in [3.63, 3.8) is 0 Å². The standard InChI is InChI=1S/C13H24N2/c1-5-6-9-12(14-2)13(15(3)4)10-7-8-11-13/h1,12,14H,6-11H2,2-4H3. The summed E-state index contributed by atoms with van der Waals surface area (Å²) in [6.07, 6.45) is 12.6. The molecule has 0 spiro atoms. The number of rotatable bonds is 5. The van der Waals surface area contributed by atoms with Gasteiger partial charge in [0.25, 0.3) is 0 Å². The lowest BCUT2D eigenvalue weighted by atomic mass is 9.84. The number of nitrogens with zero attached hydrogens (tertiary/aromatic N) is 1. The van der Waals surface area contributed by atoms with Gasteiger partial charge in [-0.25, -0.2) is 0 Å². The lowest BCUT2D eigenvalue weighted by Crippen LogP contribution is -2.56. The zero-order valence-corrected chi connectivity index (χ0v) is 10.3. The SMILES string of the molecule is C#CCCC(NC)C1(N(C)C)CCCC1. The molecule has 1 atom stereocenters. The molecule has 0 bridgehead atoms. The van der Waals surface area contributed by atoms with Crippen molar-refractivity contribution in [2.45, 2.75) is 50.1 Å². The Labute approximate surface area is 94.4 Å². The smallest absolute Gasteiger partial charge is 0.0356 e. The summed E-state index contributed by atoms with van der Waals surface area (Å²) in [4.78, 5) is 2.40. The van der Waals surface area contributed by atoms with Crippen LogP contribution in [0.5, 0.6) is 0 Å². The Morgan fingerprint density at radius 3 is 2.40 bits per heavy atom. The second kappa shape index (κ2) is 5.53. The molecule has 1 unspecified atom stereocenters. The third-order valence-electron chi connectivity index (χ3n) is 3.93. The van der Waals surface area contributed by atoms with E-state index in [-0.39, 0.29) is 0 Å². The normalized spacial score (nSPS) is 21.5. The van der Waals surface area contributed by atoms with Crippen molar-refractivity contribution in [2.24, 2.45) is 0 Å². The summed E-state index contributed by atoms with van der Waals surface area (Å²) >= 11 is 0. The Morgan fingerprint density at radius 1 is 1.40 bits per heavy atom. The molecule has 0 aromatic heterocycles. The number of likely N-dealkylation sites (N-methyl/N-ethyl adjacent to an activating group) is 2. The van der Waals surface area contributed by atoms with Crippen LogP contribution in [-0.4, -0.2) is 37.6 Å². The number of nitrogens with one attached hydrogen (secondary N) is 1. The molecule has 0 aromatic rings. The molecule has 1 saturated carbocycles. The summed E-state index contributed by atoms with van der Waals surface area (Å²) in [7, 11) is 6.46. The Kier molecular flexibility index (Phi) is 4.63. The van der Waals surface area contributed by atoms with E-state index in [2.05, 4.69) is 37.3 Å². The molecule has 0 aromatic carbocycles. The number of hydrogen-bond donors (Lipinski definition) is 1. The summed E-state index contributed by atoms with van der Waals surface area (Å²) in [6, 6.07) is 0.533. The topological polar surface area (TPSA) is 15.3 Å². The summed E-state index contributed by atoms with van der Waals surface area (Å²) in [5.41, 5.74) is 0.339. The highest BCUT2D eigenvalue weighted by Gasteiger charge is 2.41. The maximum absolute atomic E-state index is 5.36. The van der Waals surface area contributed by atoms with Crippen LogP contribution in [0, 0.1) is 12.3 Å². The minimum atomic E-state index is 0.339. The van der Waals surface area contributed by atoms with Gasteiger partial charge in [0.15, 0.2) is 0 Å². The van der Waals surface area contributed by atoms with Gasteiger partial charge in [-0.1, -0.05) is 12.8 Å². The quantitative estimate of drug-likeness (QED) is 0.694. The molecule has 1 rings (SSSR count). The van der Waals surface area contributed by atoms with E-state index in [9.17, 15) is 0 Å². The highest BCUT2D eigenvalue weighted by Crippen LogP contribution is 2.37. The van der Waals surface area contributed by atoms with Crippen LogP contribution in [0.1, 0.15) is 38.5 Å². The fraction of sp³-hybridized carbons (Fsp3) is 0.846. The fourth-order valence-corrected chi connectivity index (χ4v) is 3.00. The Bertz CT molecular complexity index is 221. The number of hydrogen-bond acceptors (Lipinski definition) is 2. The summed E-state index contributed by atoms with van der Waals surface area (Å²) in [5.74, 6) is 2.75. The molecule has 2 nitrogen and oxygen atoms in total. The molecule has 0 amide bonds. The molecule has 15 heavy (non-hydrogen) atoms. The highest BCUT2D eigenvalue weighted by molar-refractivity contribution is 5.02. The average Bonchev–Trinajstić information content (AvgIpc) is 2.69. The lowest BCUT2D eigenvalue weighted by molar-refractivity contribution is 0.105. The average molecular weight is 208 g/mol. The van der Waals surface area contributed by atoms with Gasteiger partial charge in [0.05, 0.1) is 0 Å². The zero-order valence-electron chi connectivity index (χ0n) is 10.3. The van der Waals surface area contributed by atoms with Gasteiger partial charge in [-0.2, -0.15) is 0 Å². The molecule has 2 heteroatoms. The summed E-state index contributed by atoms with van der Waals surface area (Å²) < 4.78 is 0. The minimum Gasteiger partial charge on any atom is -0.315 e. The third-order valence-corrected chi connectivity index (χ3v) is 3.93. The molecule has 0 radical (unpaired) electrons. The molecule has 0 heterocycles. The Hall–Kier alpha value is -0.520. The first-order chi connectivity index (χ1) is 7.17. The van der Waals surface area contributed by atoms with Crippen LogP contribution < -0.4 is 5.32 Å². The highest BCUT2D eigenvalue weighted by atomic mass is 15.2. The van der Waals surface area contributed by atoms with Crippen LogP contribution in [0.3, 0.4) is 0 Å². The van der Waals surface area contributed by atoms with Crippen LogP contribution in [0.25, 0.3) is 0 Å². The molecule has 1 N–H and O–H groups in total. The van der Waals surface area contributed by atoms with Crippen LogP contribution in [0.2, 0.25) is 0 Å². The van der Waals surface area contributed by atoms with Gasteiger partial charge >= 0.3 is 0 Å². The molecular formula is C13H24N2. The molecule has 0 aliphatic heterocycles. The molecule has 0 saturated heterocycles. The van der Waals surface area contributed by atoms with Gasteiger partial charge in [0.2, 0.25) is 0 Å². The van der Waals surface area contributed by atoms with E-state index in [0.717, 1.165) is 12.8 Å². The van der Waals surface area contributed by atoms with E-state index in [1.807, 2.05) is 0 Å². The van der Waals surface area contributed by atoms with Gasteiger partial charge in [0.1, 0.15) is 0 Å². The first kappa shape index (κ1) is 12.5. The van der Waals surface area contributed by atoms with E-state index < -0.39 is 0 Å².